The van der Waals surface area contributed by atoms with Gasteiger partial charge in [-0.15, -0.1) is 0 Å². The molecule has 1 amide bonds. The molecule has 42 heavy (non-hydrogen) atoms. The van der Waals surface area contributed by atoms with Crippen LogP contribution < -0.4 is 4.74 Å². The standard InChI is InChI=1S/C33H43BrN2O6/c1-6-33(31(38)39)28(32(2,3)4)27(42-19-22-17-21(20-11-9-12-20)18-35-29(22)40-5)26(23-13-7-8-14-24(23)34)36(33)30(37)25-15-10-16-41-25/h7-8,13-14,17-18,20,25-28H,6,9-12,15-16,19H2,1-5H3,(H,38,39)/t25?,26-,27+,28+,33-/m0/s1. The van der Waals surface area contributed by atoms with Crippen LogP contribution in [-0.4, -0.2) is 58.3 Å². The van der Waals surface area contributed by atoms with Crippen LogP contribution in [0.15, 0.2) is 41.0 Å². The summed E-state index contributed by atoms with van der Waals surface area (Å²) in [4.78, 5) is 34.2. The van der Waals surface area contributed by atoms with Crippen LogP contribution >= 0.6 is 15.9 Å². The minimum atomic E-state index is -1.51. The molecule has 3 aliphatic rings. The van der Waals surface area contributed by atoms with Gasteiger partial charge in [-0.05, 0) is 66.7 Å². The number of amides is 1. The number of ether oxygens (including phenoxy) is 3. The molecule has 1 aromatic heterocycles. The van der Waals surface area contributed by atoms with Crippen molar-refractivity contribution in [2.75, 3.05) is 13.7 Å². The van der Waals surface area contributed by atoms with Crippen molar-refractivity contribution >= 4 is 27.8 Å². The number of methoxy groups -OCH3 is 1. The maximum atomic E-state index is 14.4. The highest BCUT2D eigenvalue weighted by Gasteiger charge is 2.68. The number of aromatic nitrogens is 1. The lowest BCUT2D eigenvalue weighted by Gasteiger charge is -2.44. The molecule has 0 spiro atoms. The number of carboxylic acids is 1. The Bertz CT molecular complexity index is 1300. The summed E-state index contributed by atoms with van der Waals surface area (Å²) in [7, 11) is 1.60. The summed E-state index contributed by atoms with van der Waals surface area (Å²) < 4.78 is 19.2. The molecule has 0 radical (unpaired) electrons. The molecule has 3 heterocycles. The van der Waals surface area contributed by atoms with Gasteiger partial charge in [-0.2, -0.15) is 0 Å². The highest BCUT2D eigenvalue weighted by atomic mass is 79.9. The van der Waals surface area contributed by atoms with Gasteiger partial charge in [0.05, 0.1) is 25.9 Å². The Morgan fingerprint density at radius 3 is 2.48 bits per heavy atom. The second-order valence-corrected chi connectivity index (χ2v) is 13.8. The van der Waals surface area contributed by atoms with E-state index in [0.717, 1.165) is 34.9 Å². The number of carbonyl (C=O) groups excluding carboxylic acids is 1. The summed E-state index contributed by atoms with van der Waals surface area (Å²) in [6.45, 7) is 8.64. The first-order valence-corrected chi connectivity index (χ1v) is 15.9. The SMILES string of the molecule is CC[C@@]1(C(=O)O)[C@@H](C(C)(C)C)[C@H](OCc2cc(C3CCC3)cnc2OC)[C@H](c2ccccc2Br)N1C(=O)C1CCCO1. The molecule has 1 aromatic carbocycles. The summed E-state index contributed by atoms with van der Waals surface area (Å²) in [5, 5.41) is 11.1. The monoisotopic (exact) mass is 642 g/mol. The van der Waals surface area contributed by atoms with Crippen LogP contribution in [0.5, 0.6) is 5.88 Å². The topological polar surface area (TPSA) is 98.2 Å². The Labute approximate surface area is 257 Å². The molecular formula is C33H43BrN2O6. The molecule has 1 N–H and O–H groups in total. The van der Waals surface area contributed by atoms with Gasteiger partial charge in [0.1, 0.15) is 11.6 Å². The van der Waals surface area contributed by atoms with Gasteiger partial charge in [0.25, 0.3) is 5.91 Å². The Hall–Kier alpha value is -2.49. The van der Waals surface area contributed by atoms with Crippen molar-refractivity contribution in [3.8, 4) is 5.88 Å². The number of carboxylic acid groups (broad SMARTS) is 1. The van der Waals surface area contributed by atoms with Crippen molar-refractivity contribution < 1.29 is 28.9 Å². The van der Waals surface area contributed by atoms with E-state index in [0.29, 0.717) is 24.8 Å². The fourth-order valence-electron chi connectivity index (χ4n) is 7.42. The predicted octanol–water partition coefficient (Wildman–Crippen LogP) is 6.66. The molecule has 3 fully saturated rings. The van der Waals surface area contributed by atoms with E-state index in [2.05, 4.69) is 27.0 Å². The molecule has 1 unspecified atom stereocenters. The number of halogens is 1. The van der Waals surface area contributed by atoms with E-state index in [4.69, 9.17) is 14.2 Å². The molecule has 5 atom stereocenters. The number of benzene rings is 1. The largest absolute Gasteiger partial charge is 0.481 e. The number of pyridine rings is 1. The van der Waals surface area contributed by atoms with Gasteiger partial charge in [0.15, 0.2) is 0 Å². The van der Waals surface area contributed by atoms with Crippen molar-refractivity contribution in [3.05, 3.63) is 57.7 Å². The zero-order valence-electron chi connectivity index (χ0n) is 25.3. The Balaban J connectivity index is 1.65. The smallest absolute Gasteiger partial charge is 0.330 e. The molecule has 5 rings (SSSR count). The quantitative estimate of drug-likeness (QED) is 0.326. The average molecular weight is 644 g/mol. The second kappa shape index (κ2) is 12.2. The lowest BCUT2D eigenvalue weighted by molar-refractivity contribution is -0.167. The summed E-state index contributed by atoms with van der Waals surface area (Å²) in [5.41, 5.74) is 0.766. The van der Waals surface area contributed by atoms with E-state index in [1.54, 1.807) is 12.0 Å². The number of likely N-dealkylation sites (tertiary alicyclic amines) is 1. The third-order valence-electron chi connectivity index (χ3n) is 9.52. The van der Waals surface area contributed by atoms with Gasteiger partial charge in [0, 0.05) is 28.8 Å². The summed E-state index contributed by atoms with van der Waals surface area (Å²) in [5.74, 6) is -0.866. The molecule has 0 bridgehead atoms. The average Bonchev–Trinajstić information content (AvgIpc) is 3.56. The van der Waals surface area contributed by atoms with Crippen LogP contribution in [0, 0.1) is 11.3 Å². The number of carbonyl (C=O) groups is 2. The van der Waals surface area contributed by atoms with Gasteiger partial charge >= 0.3 is 5.97 Å². The summed E-state index contributed by atoms with van der Waals surface area (Å²) >= 11 is 3.72. The minimum absolute atomic E-state index is 0.177. The maximum Gasteiger partial charge on any atom is 0.330 e. The van der Waals surface area contributed by atoms with E-state index in [9.17, 15) is 14.7 Å². The first kappa shape index (κ1) is 31.0. The molecule has 9 heteroatoms. The highest BCUT2D eigenvalue weighted by molar-refractivity contribution is 9.10. The van der Waals surface area contributed by atoms with Crippen LogP contribution in [0.4, 0.5) is 0 Å². The number of rotatable bonds is 9. The van der Waals surface area contributed by atoms with E-state index in [-0.39, 0.29) is 18.9 Å². The Morgan fingerprint density at radius 1 is 1.19 bits per heavy atom. The first-order chi connectivity index (χ1) is 20.0. The van der Waals surface area contributed by atoms with Crippen molar-refractivity contribution in [2.24, 2.45) is 11.3 Å². The number of aliphatic carboxylic acids is 1. The van der Waals surface area contributed by atoms with Crippen LogP contribution in [0.2, 0.25) is 0 Å². The van der Waals surface area contributed by atoms with Crippen LogP contribution in [-0.2, 0) is 25.7 Å². The summed E-state index contributed by atoms with van der Waals surface area (Å²) in [6, 6.07) is 9.16. The van der Waals surface area contributed by atoms with Crippen LogP contribution in [0.1, 0.15) is 94.9 Å². The highest BCUT2D eigenvalue weighted by Crippen LogP contribution is 2.57. The molecule has 228 valence electrons. The molecule has 8 nitrogen and oxygen atoms in total. The van der Waals surface area contributed by atoms with Crippen molar-refractivity contribution in [2.45, 2.75) is 103 Å². The fraction of sp³-hybridized carbons (Fsp3) is 0.606. The second-order valence-electron chi connectivity index (χ2n) is 12.9. The molecule has 1 saturated carbocycles. The molecule has 2 aliphatic heterocycles. The van der Waals surface area contributed by atoms with Gasteiger partial charge in [-0.25, -0.2) is 9.78 Å². The molecule has 1 aliphatic carbocycles. The third-order valence-corrected chi connectivity index (χ3v) is 10.2. The zero-order valence-corrected chi connectivity index (χ0v) is 26.9. The number of nitrogens with zero attached hydrogens (tertiary/aromatic N) is 2. The van der Waals surface area contributed by atoms with Crippen molar-refractivity contribution in [1.29, 1.82) is 0 Å². The number of hydrogen-bond donors (Lipinski definition) is 1. The van der Waals surface area contributed by atoms with Gasteiger partial charge in [-0.1, -0.05) is 68.2 Å². The minimum Gasteiger partial charge on any atom is -0.481 e. The normalized spacial score (nSPS) is 28.1. The zero-order chi connectivity index (χ0) is 30.2. The third kappa shape index (κ3) is 5.37. The van der Waals surface area contributed by atoms with Crippen molar-refractivity contribution in [1.82, 2.24) is 9.88 Å². The van der Waals surface area contributed by atoms with Gasteiger partial charge < -0.3 is 24.2 Å². The van der Waals surface area contributed by atoms with Gasteiger partial charge in [-0.3, -0.25) is 4.79 Å². The molecule has 2 saturated heterocycles. The van der Waals surface area contributed by atoms with E-state index < -0.39 is 41.1 Å². The van der Waals surface area contributed by atoms with E-state index in [1.165, 1.54) is 12.0 Å². The predicted molar refractivity (Wildman–Crippen MR) is 162 cm³/mol. The van der Waals surface area contributed by atoms with Crippen LogP contribution in [0.3, 0.4) is 0 Å². The lowest BCUT2D eigenvalue weighted by atomic mass is 9.66. The maximum absolute atomic E-state index is 14.4. The fourth-order valence-corrected chi connectivity index (χ4v) is 7.94. The van der Waals surface area contributed by atoms with Crippen LogP contribution in [0.25, 0.3) is 0 Å². The van der Waals surface area contributed by atoms with Crippen molar-refractivity contribution in [3.63, 3.8) is 0 Å². The lowest BCUT2D eigenvalue weighted by Crippen LogP contribution is -2.60. The summed E-state index contributed by atoms with van der Waals surface area (Å²) in [6.07, 6.45) is 5.64. The van der Waals surface area contributed by atoms with E-state index in [1.807, 2.05) is 58.2 Å². The Morgan fingerprint density at radius 2 is 1.93 bits per heavy atom. The van der Waals surface area contributed by atoms with E-state index >= 15 is 0 Å². The molecular weight excluding hydrogens is 600 g/mol. The first-order valence-electron chi connectivity index (χ1n) is 15.1. The number of hydrogen-bond acceptors (Lipinski definition) is 6. The Kier molecular flexibility index (Phi) is 9.03. The van der Waals surface area contributed by atoms with Gasteiger partial charge in [0.2, 0.25) is 5.88 Å². The molecule has 2 aromatic rings.